The predicted octanol–water partition coefficient (Wildman–Crippen LogP) is 1.44. The molecule has 0 bridgehead atoms. The van der Waals surface area contributed by atoms with E-state index in [4.69, 9.17) is 11.6 Å². The Hall–Kier alpha value is -1.47. The van der Waals surface area contributed by atoms with Crippen molar-refractivity contribution < 1.29 is 18.0 Å². The van der Waals surface area contributed by atoms with Crippen molar-refractivity contribution in [2.75, 3.05) is 0 Å². The molecule has 8 heteroatoms. The van der Waals surface area contributed by atoms with E-state index in [0.29, 0.717) is 12.0 Å². The normalized spacial score (nSPS) is 11.1. The maximum atomic E-state index is 11.7. The molecule has 0 saturated carbocycles. The Bertz CT molecular complexity index is 584. The molecule has 6 nitrogen and oxygen atoms in total. The van der Waals surface area contributed by atoms with Crippen molar-refractivity contribution >= 4 is 33.3 Å². The van der Waals surface area contributed by atoms with Gasteiger partial charge in [-0.15, -0.1) is 0 Å². The zero-order valence-electron chi connectivity index (χ0n) is 10.9. The average molecular weight is 319 g/mol. The highest BCUT2D eigenvalue weighted by Crippen LogP contribution is 2.08. The minimum atomic E-state index is -3.76. The number of hydrogen-bond donors (Lipinski definition) is 1. The minimum Gasteiger partial charge on any atom is -0.300 e. The lowest BCUT2D eigenvalue weighted by atomic mass is 10.2. The van der Waals surface area contributed by atoms with E-state index in [0.717, 1.165) is 0 Å². The largest absolute Gasteiger partial charge is 0.300 e. The number of Topliss-reactive ketones (excluding diaryl/α,β-unsaturated/α-hetero) is 1. The van der Waals surface area contributed by atoms with Gasteiger partial charge < -0.3 is 4.79 Å². The van der Waals surface area contributed by atoms with Crippen LogP contribution in [0.3, 0.4) is 0 Å². The predicted molar refractivity (Wildman–Crippen MR) is 74.5 cm³/mol. The summed E-state index contributed by atoms with van der Waals surface area (Å²) in [5, 5.41) is 0.263. The Labute approximate surface area is 122 Å². The van der Waals surface area contributed by atoms with E-state index in [1.54, 1.807) is 0 Å². The van der Waals surface area contributed by atoms with Crippen LogP contribution in [-0.4, -0.2) is 25.1 Å². The van der Waals surface area contributed by atoms with Gasteiger partial charge in [0.1, 0.15) is 10.9 Å². The maximum absolute atomic E-state index is 11.7. The monoisotopic (exact) mass is 318 g/mol. The van der Waals surface area contributed by atoms with Gasteiger partial charge in [0.05, 0.1) is 5.75 Å². The molecular formula is C12H15ClN2O4S. The van der Waals surface area contributed by atoms with E-state index in [9.17, 15) is 18.0 Å². The number of amides is 1. The number of ketones is 1. The van der Waals surface area contributed by atoms with Gasteiger partial charge in [-0.25, -0.2) is 13.4 Å². The van der Waals surface area contributed by atoms with Gasteiger partial charge in [0.15, 0.2) is 0 Å². The Morgan fingerprint density at radius 3 is 2.55 bits per heavy atom. The van der Waals surface area contributed by atoms with Crippen LogP contribution < -0.4 is 4.72 Å². The number of halogens is 1. The lowest BCUT2D eigenvalue weighted by Gasteiger charge is -2.06. The van der Waals surface area contributed by atoms with Crippen molar-refractivity contribution in [3.63, 3.8) is 0 Å². The van der Waals surface area contributed by atoms with E-state index in [-0.39, 0.29) is 29.5 Å². The van der Waals surface area contributed by atoms with E-state index in [1.807, 2.05) is 4.72 Å². The topological polar surface area (TPSA) is 93.2 Å². The molecule has 1 rings (SSSR count). The molecule has 0 saturated heterocycles. The van der Waals surface area contributed by atoms with E-state index in [2.05, 4.69) is 4.98 Å². The Kier molecular flexibility index (Phi) is 6.09. The summed E-state index contributed by atoms with van der Waals surface area (Å²) in [6.07, 6.45) is 1.92. The molecule has 0 aliphatic rings. The van der Waals surface area contributed by atoms with Crippen LogP contribution in [0.1, 0.15) is 31.7 Å². The highest BCUT2D eigenvalue weighted by molar-refractivity contribution is 7.89. The molecule has 1 aromatic heterocycles. The number of pyridine rings is 1. The van der Waals surface area contributed by atoms with Gasteiger partial charge in [-0.2, -0.15) is 0 Å². The zero-order chi connectivity index (χ0) is 15.2. The molecule has 1 amide bonds. The molecule has 0 unspecified atom stereocenters. The third kappa shape index (κ3) is 6.63. The molecule has 1 heterocycles. The fourth-order valence-corrected chi connectivity index (χ4v) is 2.71. The number of carbonyl (C=O) groups is 2. The lowest BCUT2D eigenvalue weighted by molar-refractivity contribution is -0.119. The van der Waals surface area contributed by atoms with Crippen LogP contribution in [0.4, 0.5) is 0 Å². The van der Waals surface area contributed by atoms with Crippen molar-refractivity contribution in [2.45, 2.75) is 31.9 Å². The third-order valence-corrected chi connectivity index (χ3v) is 3.82. The second-order valence-corrected chi connectivity index (χ2v) is 6.44. The van der Waals surface area contributed by atoms with E-state index >= 15 is 0 Å². The van der Waals surface area contributed by atoms with Crippen molar-refractivity contribution in [2.24, 2.45) is 0 Å². The van der Waals surface area contributed by atoms with Crippen LogP contribution in [0, 0.1) is 0 Å². The third-order valence-electron chi connectivity index (χ3n) is 2.35. The summed E-state index contributed by atoms with van der Waals surface area (Å²) >= 11 is 5.59. The van der Waals surface area contributed by atoms with Gasteiger partial charge in [0.2, 0.25) is 15.9 Å². The SMILES string of the molecule is CC(=O)CCCC(=O)NS(=O)(=O)Cc1ccc(Cl)nc1. The lowest BCUT2D eigenvalue weighted by Crippen LogP contribution is -2.31. The molecule has 110 valence electrons. The molecule has 0 spiro atoms. The fourth-order valence-electron chi connectivity index (χ4n) is 1.47. The quantitative estimate of drug-likeness (QED) is 0.768. The summed E-state index contributed by atoms with van der Waals surface area (Å²) in [4.78, 5) is 25.9. The number of nitrogens with one attached hydrogen (secondary N) is 1. The van der Waals surface area contributed by atoms with Gasteiger partial charge in [0.25, 0.3) is 0 Å². The van der Waals surface area contributed by atoms with Crippen molar-refractivity contribution in [1.82, 2.24) is 9.71 Å². The molecule has 0 fully saturated rings. The molecular weight excluding hydrogens is 304 g/mol. The van der Waals surface area contributed by atoms with E-state index in [1.165, 1.54) is 25.3 Å². The van der Waals surface area contributed by atoms with Gasteiger partial charge in [-0.1, -0.05) is 17.7 Å². The molecule has 20 heavy (non-hydrogen) atoms. The van der Waals surface area contributed by atoms with Gasteiger partial charge in [-0.05, 0) is 25.0 Å². The first-order valence-corrected chi connectivity index (χ1v) is 7.95. The van der Waals surface area contributed by atoms with Crippen LogP contribution in [0.2, 0.25) is 5.15 Å². The number of carbonyl (C=O) groups excluding carboxylic acids is 2. The van der Waals surface area contributed by atoms with Crippen LogP contribution in [0.5, 0.6) is 0 Å². The van der Waals surface area contributed by atoms with Crippen molar-refractivity contribution in [3.8, 4) is 0 Å². The first-order chi connectivity index (χ1) is 9.28. The van der Waals surface area contributed by atoms with Crippen molar-refractivity contribution in [1.29, 1.82) is 0 Å². The molecule has 0 aromatic carbocycles. The fraction of sp³-hybridized carbons (Fsp3) is 0.417. The second kappa shape index (κ2) is 7.35. The van der Waals surface area contributed by atoms with E-state index < -0.39 is 15.9 Å². The summed E-state index contributed by atoms with van der Waals surface area (Å²) in [7, 11) is -3.76. The Morgan fingerprint density at radius 1 is 1.30 bits per heavy atom. The summed E-state index contributed by atoms with van der Waals surface area (Å²) in [6.45, 7) is 1.42. The molecule has 1 N–H and O–H groups in total. The number of rotatable bonds is 7. The summed E-state index contributed by atoms with van der Waals surface area (Å²) in [6, 6.07) is 3.00. The molecule has 0 aliphatic carbocycles. The Balaban J connectivity index is 2.50. The molecule has 0 radical (unpaired) electrons. The van der Waals surface area contributed by atoms with Gasteiger partial charge in [-0.3, -0.25) is 9.52 Å². The molecule has 0 aliphatic heterocycles. The summed E-state index contributed by atoms with van der Waals surface area (Å²) < 4.78 is 25.4. The highest BCUT2D eigenvalue weighted by Gasteiger charge is 2.15. The second-order valence-electron chi connectivity index (χ2n) is 4.33. The number of nitrogens with zero attached hydrogens (tertiary/aromatic N) is 1. The average Bonchev–Trinajstić information content (AvgIpc) is 2.30. The maximum Gasteiger partial charge on any atom is 0.239 e. The van der Waals surface area contributed by atoms with Gasteiger partial charge in [0, 0.05) is 19.0 Å². The van der Waals surface area contributed by atoms with Crippen LogP contribution in [0.15, 0.2) is 18.3 Å². The standard InChI is InChI=1S/C12H15ClN2O4S/c1-9(16)3-2-4-12(17)15-20(18,19)8-10-5-6-11(13)14-7-10/h5-7H,2-4,8H2,1H3,(H,15,17). The molecule has 0 atom stereocenters. The highest BCUT2D eigenvalue weighted by atomic mass is 35.5. The summed E-state index contributed by atoms with van der Waals surface area (Å²) in [5.41, 5.74) is 0.429. The van der Waals surface area contributed by atoms with Gasteiger partial charge >= 0.3 is 0 Å². The first kappa shape index (κ1) is 16.6. The zero-order valence-corrected chi connectivity index (χ0v) is 12.5. The Morgan fingerprint density at radius 2 is 2.00 bits per heavy atom. The van der Waals surface area contributed by atoms with Crippen LogP contribution in [0.25, 0.3) is 0 Å². The first-order valence-electron chi connectivity index (χ1n) is 5.92. The number of sulfonamides is 1. The smallest absolute Gasteiger partial charge is 0.239 e. The summed E-state index contributed by atoms with van der Waals surface area (Å²) in [5.74, 6) is -1.00. The number of aromatic nitrogens is 1. The van der Waals surface area contributed by atoms with Crippen LogP contribution >= 0.6 is 11.6 Å². The molecule has 1 aromatic rings. The number of hydrogen-bond acceptors (Lipinski definition) is 5. The van der Waals surface area contributed by atoms with Crippen LogP contribution in [-0.2, 0) is 25.4 Å². The minimum absolute atomic E-state index is 0.00230. The van der Waals surface area contributed by atoms with Crippen molar-refractivity contribution in [3.05, 3.63) is 29.0 Å².